The number of carbonyl (C=O) groups excluding carboxylic acids is 1. The number of anilines is 1. The molecule has 0 aliphatic heterocycles. The molecule has 1 amide bonds. The third-order valence-corrected chi connectivity index (χ3v) is 4.16. The van der Waals surface area contributed by atoms with Crippen LogP contribution >= 0.6 is 0 Å². The molecule has 0 bridgehead atoms. The van der Waals surface area contributed by atoms with Crippen molar-refractivity contribution in [3.05, 3.63) is 41.5 Å². The quantitative estimate of drug-likeness (QED) is 0.764. The average Bonchev–Trinajstić information content (AvgIpc) is 3.03. The number of amides is 1. The normalized spacial score (nSPS) is 13.8. The first-order valence-corrected chi connectivity index (χ1v) is 7.85. The lowest BCUT2D eigenvalue weighted by Gasteiger charge is -2.12. The number of nitrogens with zero attached hydrogens (tertiary/aromatic N) is 2. The summed E-state index contributed by atoms with van der Waals surface area (Å²) >= 11 is 0. The summed E-state index contributed by atoms with van der Waals surface area (Å²) in [6, 6.07) is 7.08. The van der Waals surface area contributed by atoms with E-state index in [2.05, 4.69) is 41.3 Å². The van der Waals surface area contributed by atoms with Crippen molar-refractivity contribution >= 4 is 11.6 Å². The smallest absolute Gasteiger partial charge is 0.234 e. The second-order valence-electron chi connectivity index (χ2n) is 6.19. The first-order valence-electron chi connectivity index (χ1n) is 7.85. The van der Waals surface area contributed by atoms with E-state index < -0.39 is 5.92 Å². The van der Waals surface area contributed by atoms with Gasteiger partial charge in [-0.2, -0.15) is 0 Å². The maximum Gasteiger partial charge on any atom is 0.234 e. The van der Waals surface area contributed by atoms with Crippen molar-refractivity contribution < 1.29 is 9.90 Å². The number of H-pyrrole nitrogens is 1. The first-order chi connectivity index (χ1) is 10.9. The number of hydrogen-bond donors (Lipinski definition) is 3. The number of nitrogens with one attached hydrogen (secondary N) is 2. The molecule has 1 unspecified atom stereocenters. The number of aliphatic hydroxyl groups excluding tert-OH is 1. The van der Waals surface area contributed by atoms with Crippen molar-refractivity contribution in [2.24, 2.45) is 5.92 Å². The Bertz CT molecular complexity index is 649. The molecule has 1 aromatic heterocycles. The van der Waals surface area contributed by atoms with E-state index in [-0.39, 0.29) is 18.4 Å². The molecule has 0 aliphatic carbocycles. The largest absolute Gasteiger partial charge is 0.392 e. The number of aromatic amines is 1. The Morgan fingerprint density at radius 3 is 2.30 bits per heavy atom. The minimum Gasteiger partial charge on any atom is -0.392 e. The van der Waals surface area contributed by atoms with Gasteiger partial charge in [0, 0.05) is 11.6 Å². The molecule has 0 saturated heterocycles. The molecule has 1 heterocycles. The highest BCUT2D eigenvalue weighted by Crippen LogP contribution is 2.22. The van der Waals surface area contributed by atoms with Crippen molar-refractivity contribution in [1.82, 2.24) is 15.2 Å². The van der Waals surface area contributed by atoms with Gasteiger partial charge in [-0.1, -0.05) is 32.9 Å². The van der Waals surface area contributed by atoms with E-state index in [0.717, 1.165) is 11.4 Å². The van der Waals surface area contributed by atoms with Gasteiger partial charge in [0.2, 0.25) is 5.91 Å². The number of aliphatic hydroxyl groups is 1. The van der Waals surface area contributed by atoms with Gasteiger partial charge in [0.05, 0.1) is 12.5 Å². The second-order valence-corrected chi connectivity index (χ2v) is 6.19. The first kappa shape index (κ1) is 17.1. The van der Waals surface area contributed by atoms with Gasteiger partial charge in [-0.25, -0.2) is 0 Å². The maximum atomic E-state index is 12.3. The summed E-state index contributed by atoms with van der Waals surface area (Å²) in [6.07, 6.45) is 0. The van der Waals surface area contributed by atoms with Crippen LogP contribution in [0.25, 0.3) is 0 Å². The lowest BCUT2D eigenvalue weighted by atomic mass is 9.98. The molecule has 2 atom stereocenters. The van der Waals surface area contributed by atoms with Crippen LogP contribution in [-0.2, 0) is 11.4 Å². The van der Waals surface area contributed by atoms with Crippen molar-refractivity contribution in [2.45, 2.75) is 46.1 Å². The highest BCUT2D eigenvalue weighted by Gasteiger charge is 2.22. The molecule has 3 N–H and O–H groups in total. The molecule has 0 spiro atoms. The number of aromatic nitrogens is 3. The zero-order chi connectivity index (χ0) is 17.0. The van der Waals surface area contributed by atoms with Gasteiger partial charge in [0.1, 0.15) is 11.6 Å². The van der Waals surface area contributed by atoms with Crippen LogP contribution < -0.4 is 5.32 Å². The van der Waals surface area contributed by atoms with Crippen LogP contribution in [0.5, 0.6) is 0 Å². The van der Waals surface area contributed by atoms with Gasteiger partial charge in [-0.3, -0.25) is 4.79 Å². The summed E-state index contributed by atoms with van der Waals surface area (Å²) in [5, 5.41) is 20.1. The summed E-state index contributed by atoms with van der Waals surface area (Å²) in [5.41, 5.74) is 1.49. The fourth-order valence-electron chi connectivity index (χ4n) is 2.07. The molecule has 0 saturated carbocycles. The van der Waals surface area contributed by atoms with Crippen molar-refractivity contribution in [2.75, 3.05) is 5.32 Å². The summed E-state index contributed by atoms with van der Waals surface area (Å²) in [7, 11) is 0. The predicted octanol–water partition coefficient (Wildman–Crippen LogP) is 2.80. The molecule has 2 rings (SSSR count). The zero-order valence-electron chi connectivity index (χ0n) is 14.0. The average molecular weight is 316 g/mol. The molecule has 0 radical (unpaired) electrons. The molecular formula is C17H24N4O2. The fourth-order valence-corrected chi connectivity index (χ4v) is 2.07. The van der Waals surface area contributed by atoms with Crippen LogP contribution in [0.3, 0.4) is 0 Å². The van der Waals surface area contributed by atoms with Gasteiger partial charge in [0.15, 0.2) is 0 Å². The van der Waals surface area contributed by atoms with E-state index in [4.69, 9.17) is 5.11 Å². The monoisotopic (exact) mass is 316 g/mol. The van der Waals surface area contributed by atoms with E-state index in [1.807, 2.05) is 0 Å². The Labute approximate surface area is 136 Å². The fraction of sp³-hybridized carbons (Fsp3) is 0.471. The summed E-state index contributed by atoms with van der Waals surface area (Å²) < 4.78 is 0. The molecule has 0 aliphatic rings. The standard InChI is InChI=1S/C17H24N4O2/c1-10(2)11(3)15-19-16(21-20-15)12(4)17(23)18-14-7-5-13(9-22)6-8-14/h5-8,10-12,22H,9H2,1-4H3,(H,18,23)(H,19,20,21)/t11?,12-/m0/s1. The minimum absolute atomic E-state index is 0.0144. The molecule has 124 valence electrons. The predicted molar refractivity (Wildman–Crippen MR) is 89.0 cm³/mol. The summed E-state index contributed by atoms with van der Waals surface area (Å²) in [4.78, 5) is 15.5. The molecule has 6 heteroatoms. The van der Waals surface area contributed by atoms with Crippen LogP contribution in [0.15, 0.2) is 24.3 Å². The molecule has 1 aromatic carbocycles. The Hall–Kier alpha value is -2.21. The molecule has 0 fully saturated rings. The molecular weight excluding hydrogens is 292 g/mol. The number of benzene rings is 1. The Balaban J connectivity index is 2.04. The zero-order valence-corrected chi connectivity index (χ0v) is 14.0. The number of carbonyl (C=O) groups is 1. The maximum absolute atomic E-state index is 12.3. The van der Waals surface area contributed by atoms with Crippen LogP contribution in [0.2, 0.25) is 0 Å². The van der Waals surface area contributed by atoms with Gasteiger partial charge in [-0.05, 0) is 30.5 Å². The van der Waals surface area contributed by atoms with Gasteiger partial charge in [0.25, 0.3) is 0 Å². The van der Waals surface area contributed by atoms with Crippen LogP contribution in [-0.4, -0.2) is 26.2 Å². The summed E-state index contributed by atoms with van der Waals surface area (Å²) in [5.74, 6) is 1.51. The highest BCUT2D eigenvalue weighted by molar-refractivity contribution is 5.95. The Morgan fingerprint density at radius 2 is 1.74 bits per heavy atom. The lowest BCUT2D eigenvalue weighted by molar-refractivity contribution is -0.117. The van der Waals surface area contributed by atoms with E-state index in [1.54, 1.807) is 31.2 Å². The molecule has 6 nitrogen and oxygen atoms in total. The molecule has 2 aromatic rings. The molecule has 23 heavy (non-hydrogen) atoms. The Morgan fingerprint density at radius 1 is 1.13 bits per heavy atom. The summed E-state index contributed by atoms with van der Waals surface area (Å²) in [6.45, 7) is 8.11. The topological polar surface area (TPSA) is 90.9 Å². The van der Waals surface area contributed by atoms with E-state index in [9.17, 15) is 4.79 Å². The Kier molecular flexibility index (Phi) is 5.50. The van der Waals surface area contributed by atoms with Crippen LogP contribution in [0, 0.1) is 5.92 Å². The third kappa shape index (κ3) is 4.16. The van der Waals surface area contributed by atoms with Gasteiger partial charge >= 0.3 is 0 Å². The van der Waals surface area contributed by atoms with E-state index in [0.29, 0.717) is 17.4 Å². The number of hydrogen-bond acceptors (Lipinski definition) is 4. The number of rotatable bonds is 6. The van der Waals surface area contributed by atoms with Crippen molar-refractivity contribution in [3.63, 3.8) is 0 Å². The van der Waals surface area contributed by atoms with Crippen molar-refractivity contribution in [3.8, 4) is 0 Å². The highest BCUT2D eigenvalue weighted by atomic mass is 16.3. The van der Waals surface area contributed by atoms with Crippen LogP contribution in [0.1, 0.15) is 56.7 Å². The minimum atomic E-state index is -0.423. The SMILES string of the molecule is CC(C)C(C)c1nnc([C@H](C)C(=O)Nc2ccc(CO)cc2)[nH]1. The van der Waals surface area contributed by atoms with Crippen molar-refractivity contribution in [1.29, 1.82) is 0 Å². The lowest BCUT2D eigenvalue weighted by Crippen LogP contribution is -2.20. The van der Waals surface area contributed by atoms with E-state index in [1.165, 1.54) is 0 Å². The second kappa shape index (κ2) is 7.37. The van der Waals surface area contributed by atoms with Crippen LogP contribution in [0.4, 0.5) is 5.69 Å². The van der Waals surface area contributed by atoms with E-state index >= 15 is 0 Å². The van der Waals surface area contributed by atoms with Gasteiger partial charge < -0.3 is 15.4 Å². The van der Waals surface area contributed by atoms with Gasteiger partial charge in [-0.15, -0.1) is 10.2 Å². The third-order valence-electron chi connectivity index (χ3n) is 4.16.